The van der Waals surface area contributed by atoms with Gasteiger partial charge < -0.3 is 20.5 Å². The number of rotatable bonds is 7. The molecule has 1 fully saturated rings. The molecule has 2 heterocycles. The van der Waals surface area contributed by atoms with Gasteiger partial charge in [0, 0.05) is 24.9 Å². The maximum atomic E-state index is 12.0. The number of carboxylic acid groups (broad SMARTS) is 1. The van der Waals surface area contributed by atoms with Crippen LogP contribution in [0.2, 0.25) is 0 Å². The fourth-order valence-electron chi connectivity index (χ4n) is 3.85. The lowest BCUT2D eigenvalue weighted by atomic mass is 9.96. The Hall–Kier alpha value is -3.46. The van der Waals surface area contributed by atoms with Crippen molar-refractivity contribution in [2.45, 2.75) is 31.8 Å². The maximum Gasteiger partial charge on any atom is 0.311 e. The van der Waals surface area contributed by atoms with E-state index in [1.54, 1.807) is 31.2 Å². The summed E-state index contributed by atoms with van der Waals surface area (Å²) in [7, 11) is 0. The van der Waals surface area contributed by atoms with Crippen molar-refractivity contribution in [2.24, 2.45) is 5.73 Å². The Morgan fingerprint density at radius 2 is 2.06 bits per heavy atom. The highest BCUT2D eigenvalue weighted by molar-refractivity contribution is 7.18. The van der Waals surface area contributed by atoms with Crippen LogP contribution >= 0.6 is 11.3 Å². The van der Waals surface area contributed by atoms with Gasteiger partial charge in [0.05, 0.1) is 33.5 Å². The van der Waals surface area contributed by atoms with E-state index >= 15 is 0 Å². The predicted molar refractivity (Wildman–Crippen MR) is 125 cm³/mol. The van der Waals surface area contributed by atoms with Crippen molar-refractivity contribution < 1.29 is 14.6 Å². The van der Waals surface area contributed by atoms with E-state index in [2.05, 4.69) is 4.98 Å². The van der Waals surface area contributed by atoms with E-state index in [0.717, 1.165) is 28.2 Å². The van der Waals surface area contributed by atoms with Gasteiger partial charge in [0.25, 0.3) is 0 Å². The van der Waals surface area contributed by atoms with Gasteiger partial charge in [0.2, 0.25) is 0 Å². The van der Waals surface area contributed by atoms with Gasteiger partial charge in [-0.05, 0) is 42.8 Å². The van der Waals surface area contributed by atoms with Crippen molar-refractivity contribution in [2.75, 3.05) is 13.1 Å². The van der Waals surface area contributed by atoms with Crippen molar-refractivity contribution in [3.05, 3.63) is 58.6 Å². The Morgan fingerprint density at radius 1 is 1.31 bits per heavy atom. The van der Waals surface area contributed by atoms with E-state index in [-0.39, 0.29) is 18.4 Å². The molecule has 1 unspecified atom stereocenters. The van der Waals surface area contributed by atoms with Gasteiger partial charge in [-0.15, -0.1) is 11.3 Å². The van der Waals surface area contributed by atoms with Crippen molar-refractivity contribution in [3.8, 4) is 5.75 Å². The van der Waals surface area contributed by atoms with E-state index in [0.29, 0.717) is 29.3 Å². The first-order valence-electron chi connectivity index (χ1n) is 10.3. The number of fused-ring (bicyclic) bond motifs is 1. The lowest BCUT2D eigenvalue weighted by molar-refractivity contribution is -0.138. The number of hydrogen-bond acceptors (Lipinski definition) is 6. The number of aromatic nitrogens is 1. The Bertz CT molecular complexity index is 1170. The average molecular weight is 452 g/mol. The molecule has 1 aromatic heterocycles. The van der Waals surface area contributed by atoms with Gasteiger partial charge in [0.1, 0.15) is 17.7 Å². The van der Waals surface area contributed by atoms with Crippen LogP contribution in [0, 0.1) is 10.8 Å². The van der Waals surface area contributed by atoms with Gasteiger partial charge >= 0.3 is 5.97 Å². The Morgan fingerprint density at radius 3 is 2.69 bits per heavy atom. The van der Waals surface area contributed by atoms with Crippen molar-refractivity contribution in [1.29, 1.82) is 10.8 Å². The molecule has 1 aliphatic heterocycles. The molecule has 0 radical (unpaired) electrons. The summed E-state index contributed by atoms with van der Waals surface area (Å²) >= 11 is 1.45. The fraction of sp³-hybridized carbons (Fsp3) is 0.304. The summed E-state index contributed by atoms with van der Waals surface area (Å²) in [5, 5.41) is 25.9. The summed E-state index contributed by atoms with van der Waals surface area (Å²) in [6, 6.07) is 12.6. The molecule has 1 saturated heterocycles. The molecule has 32 heavy (non-hydrogen) atoms. The van der Waals surface area contributed by atoms with Crippen LogP contribution in [0.3, 0.4) is 0 Å². The number of carboxylic acids is 1. The van der Waals surface area contributed by atoms with Gasteiger partial charge in [0.15, 0.2) is 0 Å². The molecule has 2 atom stereocenters. The van der Waals surface area contributed by atoms with Crippen LogP contribution in [-0.4, -0.2) is 51.8 Å². The van der Waals surface area contributed by atoms with E-state index in [1.165, 1.54) is 11.3 Å². The molecule has 0 spiro atoms. The lowest BCUT2D eigenvalue weighted by Crippen LogP contribution is -2.28. The SMILES string of the molecule is CC(=N)N1CC[C@H](Oc2ccc(C(Cc3nc4cc(C(=N)N)ccc4s3)C(=O)O)cc2)C1. The molecule has 8 nitrogen and oxygen atoms in total. The quantitative estimate of drug-likeness (QED) is 0.321. The van der Waals surface area contributed by atoms with Crippen LogP contribution in [0.4, 0.5) is 0 Å². The predicted octanol–water partition coefficient (Wildman–Crippen LogP) is 3.44. The molecule has 0 amide bonds. The summed E-state index contributed by atoms with van der Waals surface area (Å²) in [5.74, 6) is -0.410. The minimum Gasteiger partial charge on any atom is -0.489 e. The average Bonchev–Trinajstić information content (AvgIpc) is 3.38. The summed E-state index contributed by atoms with van der Waals surface area (Å²) < 4.78 is 6.95. The van der Waals surface area contributed by atoms with Gasteiger partial charge in [-0.1, -0.05) is 12.1 Å². The summed E-state index contributed by atoms with van der Waals surface area (Å²) in [6.45, 7) is 3.28. The highest BCUT2D eigenvalue weighted by atomic mass is 32.1. The maximum absolute atomic E-state index is 12.0. The number of nitrogen functional groups attached to an aromatic ring is 1. The first-order valence-corrected chi connectivity index (χ1v) is 11.1. The second-order valence-electron chi connectivity index (χ2n) is 7.93. The van der Waals surface area contributed by atoms with Crippen LogP contribution in [0.25, 0.3) is 10.2 Å². The second-order valence-corrected chi connectivity index (χ2v) is 9.04. The molecule has 0 aliphatic carbocycles. The third-order valence-corrected chi connectivity index (χ3v) is 6.68. The number of nitrogens with one attached hydrogen (secondary N) is 2. The number of ether oxygens (including phenoxy) is 1. The summed E-state index contributed by atoms with van der Waals surface area (Å²) in [4.78, 5) is 18.6. The van der Waals surface area contributed by atoms with E-state index in [4.69, 9.17) is 21.3 Å². The third kappa shape index (κ3) is 4.72. The molecule has 5 N–H and O–H groups in total. The van der Waals surface area contributed by atoms with Crippen LogP contribution in [0.1, 0.15) is 35.4 Å². The van der Waals surface area contributed by atoms with Crippen LogP contribution in [0.5, 0.6) is 5.75 Å². The highest BCUT2D eigenvalue weighted by Crippen LogP contribution is 2.29. The minimum atomic E-state index is -0.907. The number of benzene rings is 2. The van der Waals surface area contributed by atoms with Gasteiger partial charge in [-0.3, -0.25) is 15.6 Å². The van der Waals surface area contributed by atoms with Gasteiger partial charge in [-0.25, -0.2) is 4.98 Å². The monoisotopic (exact) mass is 451 g/mol. The van der Waals surface area contributed by atoms with E-state index in [1.807, 2.05) is 23.1 Å². The zero-order valence-corrected chi connectivity index (χ0v) is 18.5. The number of likely N-dealkylation sites (tertiary alicyclic amines) is 1. The number of nitrogens with two attached hydrogens (primary N) is 1. The normalized spacial score (nSPS) is 16.8. The van der Waals surface area contributed by atoms with Crippen molar-refractivity contribution >= 4 is 39.2 Å². The lowest BCUT2D eigenvalue weighted by Gasteiger charge is -2.18. The zero-order valence-electron chi connectivity index (χ0n) is 17.7. The number of aliphatic carboxylic acids is 1. The van der Waals surface area contributed by atoms with Gasteiger partial charge in [-0.2, -0.15) is 0 Å². The zero-order chi connectivity index (χ0) is 22.8. The molecule has 166 valence electrons. The fourth-order valence-corrected chi connectivity index (χ4v) is 4.85. The van der Waals surface area contributed by atoms with Crippen molar-refractivity contribution in [1.82, 2.24) is 9.88 Å². The molecule has 0 bridgehead atoms. The van der Waals surface area contributed by atoms with Crippen LogP contribution < -0.4 is 10.5 Å². The number of thiazole rings is 1. The third-order valence-electron chi connectivity index (χ3n) is 5.62. The Kier molecular flexibility index (Phi) is 6.09. The standard InChI is InChI=1S/C23H25N5O3S/c1-13(24)28-9-8-17(12-28)31-16-5-2-14(3-6-16)18(23(29)30)11-21-27-19-10-15(22(25)26)4-7-20(19)32-21/h2-7,10,17-18,24H,8-9,11-12H2,1H3,(H3,25,26)(H,29,30)/t17-,18?/m0/s1. The van der Waals surface area contributed by atoms with Crippen LogP contribution in [0.15, 0.2) is 42.5 Å². The molecule has 2 aromatic carbocycles. The highest BCUT2D eigenvalue weighted by Gasteiger charge is 2.25. The van der Waals surface area contributed by atoms with Crippen LogP contribution in [-0.2, 0) is 11.2 Å². The number of hydrogen-bond donors (Lipinski definition) is 4. The Balaban J connectivity index is 1.47. The molecule has 4 rings (SSSR count). The molecular weight excluding hydrogens is 426 g/mol. The van der Waals surface area contributed by atoms with E-state index < -0.39 is 11.9 Å². The van der Waals surface area contributed by atoms with Crippen molar-refractivity contribution in [3.63, 3.8) is 0 Å². The smallest absolute Gasteiger partial charge is 0.311 e. The molecule has 1 aliphatic rings. The number of nitrogens with zero attached hydrogens (tertiary/aromatic N) is 2. The topological polar surface area (TPSA) is 136 Å². The largest absolute Gasteiger partial charge is 0.489 e. The van der Waals surface area contributed by atoms with E-state index in [9.17, 15) is 9.90 Å². The second kappa shape index (κ2) is 8.96. The Labute approximate surface area is 189 Å². The molecule has 0 saturated carbocycles. The molecular formula is C23H25N5O3S. The molecule has 3 aromatic rings. The summed E-state index contributed by atoms with van der Waals surface area (Å²) in [6.07, 6.45) is 1.16. The minimum absolute atomic E-state index is 0.0227. The number of amidine groups is 2. The molecule has 9 heteroatoms. The first kappa shape index (κ1) is 21.8. The first-order chi connectivity index (χ1) is 15.3. The number of carbonyl (C=O) groups is 1. The summed E-state index contributed by atoms with van der Waals surface area (Å²) in [5.41, 5.74) is 7.56.